The molecular formula is C5H5N7OS. The zero-order valence-electron chi connectivity index (χ0n) is 6.77. The van der Waals surface area contributed by atoms with E-state index in [1.165, 1.54) is 17.3 Å². The summed E-state index contributed by atoms with van der Waals surface area (Å²) in [6.07, 6.45) is 2.82. The fourth-order valence-electron chi connectivity index (χ4n) is 0.786. The Bertz CT molecular complexity index is 446. The van der Waals surface area contributed by atoms with Crippen LogP contribution in [0.2, 0.25) is 0 Å². The molecule has 14 heavy (non-hydrogen) atoms. The summed E-state index contributed by atoms with van der Waals surface area (Å²) in [5.41, 5.74) is 5.29. The first-order chi connectivity index (χ1) is 6.81. The molecule has 2 aromatic rings. The first kappa shape index (κ1) is 8.56. The van der Waals surface area contributed by atoms with E-state index >= 15 is 0 Å². The second-order valence-corrected chi connectivity index (χ2v) is 2.98. The third-order valence-corrected chi connectivity index (χ3v) is 2.03. The molecule has 0 spiro atoms. The lowest BCUT2D eigenvalue weighted by Crippen LogP contribution is -2.15. The zero-order chi connectivity index (χ0) is 9.97. The van der Waals surface area contributed by atoms with Crippen LogP contribution in [0.5, 0.6) is 0 Å². The van der Waals surface area contributed by atoms with E-state index in [0.717, 1.165) is 11.5 Å². The van der Waals surface area contributed by atoms with Crippen molar-refractivity contribution >= 4 is 17.4 Å². The second-order valence-electron chi connectivity index (χ2n) is 2.22. The van der Waals surface area contributed by atoms with E-state index in [9.17, 15) is 0 Å². The molecule has 0 atom stereocenters. The Morgan fingerprint density at radius 2 is 2.43 bits per heavy atom. The maximum Gasteiger partial charge on any atom is 0.231 e. The van der Waals surface area contributed by atoms with Gasteiger partial charge in [0, 0.05) is 11.5 Å². The number of nitrogens with two attached hydrogens (primary N) is 1. The van der Waals surface area contributed by atoms with Crippen LogP contribution in [0.1, 0.15) is 5.82 Å². The summed E-state index contributed by atoms with van der Waals surface area (Å²) in [6, 6.07) is 0. The summed E-state index contributed by atoms with van der Waals surface area (Å²) in [5, 5.41) is 15.6. The van der Waals surface area contributed by atoms with Gasteiger partial charge in [-0.25, -0.2) is 9.97 Å². The highest BCUT2D eigenvalue weighted by atomic mass is 32.1. The Morgan fingerprint density at radius 1 is 1.57 bits per heavy atom. The summed E-state index contributed by atoms with van der Waals surface area (Å²) in [7, 11) is 0. The molecule has 2 rings (SSSR count). The highest BCUT2D eigenvalue weighted by Crippen LogP contribution is 2.05. The number of nitrogens with zero attached hydrogens (tertiary/aromatic N) is 6. The SMILES string of the molecule is NC(=NO)c1ncn(-c2ncns2)n1. The minimum absolute atomic E-state index is 0.141. The Labute approximate surface area is 81.9 Å². The predicted molar refractivity (Wildman–Crippen MR) is 47.3 cm³/mol. The van der Waals surface area contributed by atoms with Crippen LogP contribution in [0, 0.1) is 0 Å². The van der Waals surface area contributed by atoms with Crippen molar-refractivity contribution in [1.29, 1.82) is 0 Å². The molecule has 0 saturated carbocycles. The van der Waals surface area contributed by atoms with Gasteiger partial charge in [0.2, 0.25) is 16.8 Å². The van der Waals surface area contributed by atoms with Crippen molar-refractivity contribution in [2.24, 2.45) is 10.9 Å². The van der Waals surface area contributed by atoms with Crippen LogP contribution in [0.15, 0.2) is 17.8 Å². The first-order valence-corrected chi connectivity index (χ1v) is 4.25. The molecule has 2 heterocycles. The number of oxime groups is 1. The molecule has 0 aromatic carbocycles. The number of hydrogen-bond acceptors (Lipinski definition) is 7. The van der Waals surface area contributed by atoms with Crippen LogP contribution in [-0.4, -0.2) is 35.2 Å². The van der Waals surface area contributed by atoms with E-state index in [2.05, 4.69) is 24.6 Å². The number of amidine groups is 1. The molecule has 72 valence electrons. The summed E-state index contributed by atoms with van der Waals surface area (Å²) in [6.45, 7) is 0. The topological polar surface area (TPSA) is 115 Å². The Morgan fingerprint density at radius 3 is 3.07 bits per heavy atom. The molecule has 0 aliphatic rings. The van der Waals surface area contributed by atoms with E-state index in [-0.39, 0.29) is 11.7 Å². The lowest BCUT2D eigenvalue weighted by Gasteiger charge is -1.90. The van der Waals surface area contributed by atoms with Gasteiger partial charge in [-0.1, -0.05) is 5.16 Å². The second kappa shape index (κ2) is 3.38. The standard InChI is InChI=1S/C5H5N7OS/c6-3(11-13)4-8-2-12(10-4)5-7-1-9-14-5/h1-2,13H,(H2,6,11). The number of hydrogen-bond donors (Lipinski definition) is 2. The third kappa shape index (κ3) is 1.40. The minimum atomic E-state index is -0.145. The van der Waals surface area contributed by atoms with Gasteiger partial charge in [-0.15, -0.1) is 5.10 Å². The summed E-state index contributed by atoms with van der Waals surface area (Å²) >= 11 is 1.16. The van der Waals surface area contributed by atoms with Gasteiger partial charge >= 0.3 is 0 Å². The monoisotopic (exact) mass is 211 g/mol. The van der Waals surface area contributed by atoms with E-state index in [4.69, 9.17) is 10.9 Å². The van der Waals surface area contributed by atoms with Crippen molar-refractivity contribution in [3.63, 3.8) is 0 Å². The van der Waals surface area contributed by atoms with E-state index < -0.39 is 0 Å². The van der Waals surface area contributed by atoms with E-state index in [0.29, 0.717) is 5.13 Å². The molecule has 0 unspecified atom stereocenters. The molecule has 3 N–H and O–H groups in total. The molecule has 0 saturated heterocycles. The fraction of sp³-hybridized carbons (Fsp3) is 0. The van der Waals surface area contributed by atoms with Gasteiger partial charge < -0.3 is 10.9 Å². The molecule has 8 nitrogen and oxygen atoms in total. The molecule has 0 fully saturated rings. The van der Waals surface area contributed by atoms with Crippen molar-refractivity contribution < 1.29 is 5.21 Å². The Balaban J connectivity index is 2.36. The van der Waals surface area contributed by atoms with Crippen molar-refractivity contribution in [3.8, 4) is 5.13 Å². The Hall–Kier alpha value is -2.03. The molecular weight excluding hydrogens is 206 g/mol. The Kier molecular flexibility index (Phi) is 2.07. The molecule has 0 aliphatic heterocycles. The van der Waals surface area contributed by atoms with Crippen molar-refractivity contribution in [2.45, 2.75) is 0 Å². The molecule has 2 aromatic heterocycles. The lowest BCUT2D eigenvalue weighted by molar-refractivity contribution is 0.318. The van der Waals surface area contributed by atoms with Crippen LogP contribution in [-0.2, 0) is 0 Å². The van der Waals surface area contributed by atoms with Crippen LogP contribution in [0.3, 0.4) is 0 Å². The molecule has 0 radical (unpaired) electrons. The summed E-state index contributed by atoms with van der Waals surface area (Å²) in [5.74, 6) is -0.00374. The van der Waals surface area contributed by atoms with Crippen LogP contribution >= 0.6 is 11.5 Å². The predicted octanol–water partition coefficient (Wildman–Crippen LogP) is -0.787. The number of aromatic nitrogens is 5. The zero-order valence-corrected chi connectivity index (χ0v) is 7.59. The molecule has 0 amide bonds. The largest absolute Gasteiger partial charge is 0.409 e. The summed E-state index contributed by atoms with van der Waals surface area (Å²) in [4.78, 5) is 7.73. The third-order valence-electron chi connectivity index (χ3n) is 1.37. The van der Waals surface area contributed by atoms with Gasteiger partial charge in [-0.3, -0.25) is 0 Å². The maximum absolute atomic E-state index is 8.38. The summed E-state index contributed by atoms with van der Waals surface area (Å²) < 4.78 is 5.20. The lowest BCUT2D eigenvalue weighted by atomic mass is 10.6. The minimum Gasteiger partial charge on any atom is -0.409 e. The quantitative estimate of drug-likeness (QED) is 0.291. The van der Waals surface area contributed by atoms with Gasteiger partial charge in [0.1, 0.15) is 12.7 Å². The van der Waals surface area contributed by atoms with Gasteiger partial charge in [0.25, 0.3) is 0 Å². The van der Waals surface area contributed by atoms with Gasteiger partial charge in [-0.2, -0.15) is 9.06 Å². The van der Waals surface area contributed by atoms with Crippen molar-refractivity contribution in [1.82, 2.24) is 24.1 Å². The van der Waals surface area contributed by atoms with Gasteiger partial charge in [0.05, 0.1) is 0 Å². The van der Waals surface area contributed by atoms with Gasteiger partial charge in [-0.05, 0) is 0 Å². The van der Waals surface area contributed by atoms with Gasteiger partial charge in [0.15, 0.2) is 0 Å². The van der Waals surface area contributed by atoms with Crippen molar-refractivity contribution in [3.05, 3.63) is 18.5 Å². The van der Waals surface area contributed by atoms with E-state index in [1.807, 2.05) is 0 Å². The number of rotatable bonds is 2. The highest BCUT2D eigenvalue weighted by molar-refractivity contribution is 7.07. The average molecular weight is 211 g/mol. The first-order valence-electron chi connectivity index (χ1n) is 3.48. The maximum atomic E-state index is 8.38. The van der Waals surface area contributed by atoms with Crippen LogP contribution < -0.4 is 5.73 Å². The van der Waals surface area contributed by atoms with Crippen LogP contribution in [0.4, 0.5) is 0 Å². The highest BCUT2D eigenvalue weighted by Gasteiger charge is 2.08. The normalized spacial score (nSPS) is 11.9. The van der Waals surface area contributed by atoms with Crippen molar-refractivity contribution in [2.75, 3.05) is 0 Å². The van der Waals surface area contributed by atoms with Crippen LogP contribution in [0.25, 0.3) is 5.13 Å². The smallest absolute Gasteiger partial charge is 0.231 e. The van der Waals surface area contributed by atoms with E-state index in [1.54, 1.807) is 0 Å². The molecule has 0 bridgehead atoms. The molecule has 0 aliphatic carbocycles. The fourth-order valence-corrected chi connectivity index (χ4v) is 1.24. The molecule has 9 heteroatoms. The average Bonchev–Trinajstić information content (AvgIpc) is 2.86.